The van der Waals surface area contributed by atoms with Gasteiger partial charge in [0.2, 0.25) is 0 Å². The molecule has 0 aromatic carbocycles. The summed E-state index contributed by atoms with van der Waals surface area (Å²) in [5.74, 6) is 0.346. The molecule has 16 heavy (non-hydrogen) atoms. The molecule has 3 unspecified atom stereocenters. The molecule has 0 spiro atoms. The van der Waals surface area contributed by atoms with Crippen LogP contribution < -0.4 is 5.32 Å². The van der Waals surface area contributed by atoms with Crippen LogP contribution in [0, 0.1) is 5.92 Å². The minimum absolute atomic E-state index is 0.139. The molecule has 0 aromatic heterocycles. The minimum Gasteiger partial charge on any atom is -0.378 e. The fraction of sp³-hybridized carbons (Fsp3) is 1.00. The maximum absolute atomic E-state index is 12.0. The Morgan fingerprint density at radius 2 is 2.12 bits per heavy atom. The van der Waals surface area contributed by atoms with Crippen LogP contribution in [-0.4, -0.2) is 32.0 Å². The normalized spacial score (nSPS) is 28.3. The Labute approximate surface area is 94.5 Å². The van der Waals surface area contributed by atoms with E-state index in [4.69, 9.17) is 4.74 Å². The molecular formula is C11H20F3NO. The molecule has 0 radical (unpaired) electrons. The van der Waals surface area contributed by atoms with E-state index in [-0.39, 0.29) is 18.6 Å². The highest BCUT2D eigenvalue weighted by Crippen LogP contribution is 2.28. The summed E-state index contributed by atoms with van der Waals surface area (Å²) in [4.78, 5) is 0. The van der Waals surface area contributed by atoms with Crippen LogP contribution in [0.4, 0.5) is 13.2 Å². The molecule has 3 atom stereocenters. The average molecular weight is 239 g/mol. The van der Waals surface area contributed by atoms with Crippen LogP contribution in [0.1, 0.15) is 32.6 Å². The zero-order valence-electron chi connectivity index (χ0n) is 9.81. The van der Waals surface area contributed by atoms with E-state index in [0.29, 0.717) is 12.3 Å². The van der Waals surface area contributed by atoms with Crippen molar-refractivity contribution in [2.75, 3.05) is 13.7 Å². The Bertz CT molecular complexity index is 208. The Balaban J connectivity index is 2.31. The van der Waals surface area contributed by atoms with Crippen molar-refractivity contribution in [3.8, 4) is 0 Å². The van der Waals surface area contributed by atoms with E-state index >= 15 is 0 Å². The smallest absolute Gasteiger partial charge is 0.378 e. The number of rotatable bonds is 5. The summed E-state index contributed by atoms with van der Waals surface area (Å²) < 4.78 is 41.5. The van der Waals surface area contributed by atoms with Crippen LogP contribution >= 0.6 is 0 Å². The largest absolute Gasteiger partial charge is 0.389 e. The van der Waals surface area contributed by atoms with Crippen molar-refractivity contribution in [1.29, 1.82) is 0 Å². The van der Waals surface area contributed by atoms with E-state index in [2.05, 4.69) is 5.32 Å². The first-order valence-corrected chi connectivity index (χ1v) is 5.79. The Hall–Kier alpha value is -0.290. The number of alkyl halides is 3. The lowest BCUT2D eigenvalue weighted by atomic mass is 9.90. The third-order valence-electron chi connectivity index (χ3n) is 3.30. The van der Waals surface area contributed by atoms with Crippen molar-refractivity contribution in [2.24, 2.45) is 5.92 Å². The monoisotopic (exact) mass is 239 g/mol. The maximum Gasteiger partial charge on any atom is 0.389 e. The number of hydrogen-bond donors (Lipinski definition) is 1. The van der Waals surface area contributed by atoms with E-state index < -0.39 is 12.6 Å². The van der Waals surface area contributed by atoms with E-state index in [1.54, 1.807) is 0 Å². The highest BCUT2D eigenvalue weighted by molar-refractivity contribution is 4.83. The van der Waals surface area contributed by atoms with Crippen LogP contribution in [0.2, 0.25) is 0 Å². The Morgan fingerprint density at radius 3 is 2.56 bits per heavy atom. The summed E-state index contributed by atoms with van der Waals surface area (Å²) in [6.45, 7) is 2.72. The topological polar surface area (TPSA) is 21.3 Å². The van der Waals surface area contributed by atoms with Crippen molar-refractivity contribution in [3.05, 3.63) is 0 Å². The summed E-state index contributed by atoms with van der Waals surface area (Å²) in [6.07, 6.45) is -2.86. The third-order valence-corrected chi connectivity index (χ3v) is 3.30. The summed E-state index contributed by atoms with van der Waals surface area (Å²) in [5.41, 5.74) is 0. The molecule has 2 nitrogen and oxygen atoms in total. The molecule has 5 heteroatoms. The molecule has 1 N–H and O–H groups in total. The number of halogens is 3. The Morgan fingerprint density at radius 1 is 1.44 bits per heavy atom. The van der Waals surface area contributed by atoms with Gasteiger partial charge in [-0.2, -0.15) is 13.2 Å². The molecule has 1 fully saturated rings. The van der Waals surface area contributed by atoms with Crippen molar-refractivity contribution in [2.45, 2.75) is 50.9 Å². The van der Waals surface area contributed by atoms with Gasteiger partial charge in [0, 0.05) is 25.0 Å². The van der Waals surface area contributed by atoms with E-state index in [1.165, 1.54) is 0 Å². The molecule has 0 aromatic rings. The summed E-state index contributed by atoms with van der Waals surface area (Å²) in [5, 5.41) is 3.11. The minimum atomic E-state index is -4.03. The van der Waals surface area contributed by atoms with Gasteiger partial charge in [-0.3, -0.25) is 0 Å². The van der Waals surface area contributed by atoms with Crippen LogP contribution in [0.5, 0.6) is 0 Å². The molecule has 0 bridgehead atoms. The van der Waals surface area contributed by atoms with Gasteiger partial charge in [-0.15, -0.1) is 0 Å². The van der Waals surface area contributed by atoms with E-state index in [0.717, 1.165) is 13.0 Å². The molecule has 1 aliphatic heterocycles. The quantitative estimate of drug-likeness (QED) is 0.796. The average Bonchev–Trinajstić information content (AvgIpc) is 2.58. The highest BCUT2D eigenvalue weighted by Gasteiger charge is 2.32. The summed E-state index contributed by atoms with van der Waals surface area (Å²) in [7, 11) is 1.81. The van der Waals surface area contributed by atoms with Gasteiger partial charge in [-0.25, -0.2) is 0 Å². The molecule has 0 amide bonds. The fourth-order valence-electron chi connectivity index (χ4n) is 2.37. The Kier molecular flexibility index (Phi) is 5.05. The van der Waals surface area contributed by atoms with Crippen LogP contribution in [0.3, 0.4) is 0 Å². The first-order valence-electron chi connectivity index (χ1n) is 5.79. The van der Waals surface area contributed by atoms with Crippen molar-refractivity contribution in [3.63, 3.8) is 0 Å². The molecule has 1 aliphatic rings. The maximum atomic E-state index is 12.0. The molecule has 1 saturated heterocycles. The zero-order valence-corrected chi connectivity index (χ0v) is 9.81. The van der Waals surface area contributed by atoms with Crippen molar-refractivity contribution < 1.29 is 17.9 Å². The predicted molar refractivity (Wildman–Crippen MR) is 56.3 cm³/mol. The molecule has 1 rings (SSSR count). The van der Waals surface area contributed by atoms with Gasteiger partial charge in [-0.05, 0) is 33.2 Å². The lowest BCUT2D eigenvalue weighted by Crippen LogP contribution is -2.37. The van der Waals surface area contributed by atoms with Gasteiger partial charge in [0.05, 0.1) is 6.10 Å². The summed E-state index contributed by atoms with van der Waals surface area (Å²) in [6, 6.07) is 0.139. The van der Waals surface area contributed by atoms with Gasteiger partial charge in [0.25, 0.3) is 0 Å². The number of nitrogens with one attached hydrogen (secondary N) is 1. The second-order valence-electron chi connectivity index (χ2n) is 4.43. The number of hydrogen-bond acceptors (Lipinski definition) is 2. The highest BCUT2D eigenvalue weighted by atomic mass is 19.4. The second-order valence-corrected chi connectivity index (χ2v) is 4.43. The van der Waals surface area contributed by atoms with Gasteiger partial charge >= 0.3 is 6.18 Å². The third kappa shape index (κ3) is 4.29. The number of ether oxygens (including phenoxy) is 1. The first kappa shape index (κ1) is 13.8. The standard InChI is InChI=1S/C11H20F3NO/c1-8-9(5-7-16-8)10(15-2)4-3-6-11(12,13)14/h8-10,15H,3-7H2,1-2H3. The van der Waals surface area contributed by atoms with Gasteiger partial charge < -0.3 is 10.1 Å². The van der Waals surface area contributed by atoms with Gasteiger partial charge in [0.15, 0.2) is 0 Å². The molecule has 96 valence electrons. The lowest BCUT2D eigenvalue weighted by Gasteiger charge is -2.25. The van der Waals surface area contributed by atoms with Gasteiger partial charge in [0.1, 0.15) is 0 Å². The summed E-state index contributed by atoms with van der Waals surface area (Å²) >= 11 is 0. The van der Waals surface area contributed by atoms with Crippen molar-refractivity contribution >= 4 is 0 Å². The SMILES string of the molecule is CNC(CCCC(F)(F)F)C1CCOC1C. The first-order chi connectivity index (χ1) is 7.44. The van der Waals surface area contributed by atoms with Crippen LogP contribution in [0.15, 0.2) is 0 Å². The lowest BCUT2D eigenvalue weighted by molar-refractivity contribution is -0.136. The second kappa shape index (κ2) is 5.87. The fourth-order valence-corrected chi connectivity index (χ4v) is 2.37. The van der Waals surface area contributed by atoms with Crippen LogP contribution in [-0.2, 0) is 4.74 Å². The van der Waals surface area contributed by atoms with Crippen molar-refractivity contribution in [1.82, 2.24) is 5.32 Å². The zero-order chi connectivity index (χ0) is 12.2. The van der Waals surface area contributed by atoms with E-state index in [9.17, 15) is 13.2 Å². The molecule has 0 aliphatic carbocycles. The molecule has 0 saturated carbocycles. The van der Waals surface area contributed by atoms with E-state index in [1.807, 2.05) is 14.0 Å². The molecule has 1 heterocycles. The molecular weight excluding hydrogens is 219 g/mol. The van der Waals surface area contributed by atoms with Crippen LogP contribution in [0.25, 0.3) is 0 Å². The predicted octanol–water partition coefficient (Wildman–Crippen LogP) is 2.73. The van der Waals surface area contributed by atoms with Gasteiger partial charge in [-0.1, -0.05) is 0 Å².